The van der Waals surface area contributed by atoms with Crippen molar-refractivity contribution in [2.24, 2.45) is 0 Å². The highest BCUT2D eigenvalue weighted by molar-refractivity contribution is 6.33. The number of amides is 1. The van der Waals surface area contributed by atoms with Crippen LogP contribution in [0, 0.1) is 0 Å². The number of rotatable bonds is 5. The minimum absolute atomic E-state index is 0.296. The van der Waals surface area contributed by atoms with Crippen molar-refractivity contribution in [2.45, 2.75) is 12.5 Å². The summed E-state index contributed by atoms with van der Waals surface area (Å²) < 4.78 is 4.99. The highest BCUT2D eigenvalue weighted by Crippen LogP contribution is 2.29. The molecule has 0 spiro atoms. The van der Waals surface area contributed by atoms with Crippen LogP contribution in [0.25, 0.3) is 21.5 Å². The Labute approximate surface area is 179 Å². The topological polar surface area (TPSA) is 55.4 Å². The van der Waals surface area contributed by atoms with Crippen molar-refractivity contribution in [1.29, 1.82) is 0 Å². The van der Waals surface area contributed by atoms with Gasteiger partial charge in [0.25, 0.3) is 5.91 Å². The van der Waals surface area contributed by atoms with Gasteiger partial charge in [-0.05, 0) is 45.3 Å². The molecule has 0 unspecified atom stereocenters. The van der Waals surface area contributed by atoms with Crippen molar-refractivity contribution in [2.75, 3.05) is 7.11 Å². The number of fused-ring (bicyclic) bond motifs is 2. The largest absolute Gasteiger partial charge is 0.467 e. The Hall–Kier alpha value is -3.37. The Kier molecular flexibility index (Phi) is 5.68. The lowest BCUT2D eigenvalue weighted by atomic mass is 9.92. The molecule has 1 N–H and O–H groups in total. The van der Waals surface area contributed by atoms with E-state index in [1.807, 2.05) is 48.5 Å². The molecule has 5 heteroatoms. The van der Waals surface area contributed by atoms with Crippen LogP contribution in [0.5, 0.6) is 0 Å². The molecule has 0 saturated carbocycles. The van der Waals surface area contributed by atoms with Crippen LogP contribution in [0.15, 0.2) is 78.9 Å². The van der Waals surface area contributed by atoms with E-state index in [0.29, 0.717) is 17.0 Å². The molecule has 1 atom stereocenters. The number of halogens is 1. The van der Waals surface area contributed by atoms with Gasteiger partial charge in [-0.15, -0.1) is 0 Å². The van der Waals surface area contributed by atoms with Crippen LogP contribution >= 0.6 is 11.6 Å². The van der Waals surface area contributed by atoms with E-state index in [1.165, 1.54) is 7.11 Å². The molecule has 0 bridgehead atoms. The summed E-state index contributed by atoms with van der Waals surface area (Å²) in [6.45, 7) is 0. The third-order valence-electron chi connectivity index (χ3n) is 5.20. The Balaban J connectivity index is 1.77. The van der Waals surface area contributed by atoms with E-state index in [9.17, 15) is 9.59 Å². The zero-order chi connectivity index (χ0) is 21.1. The van der Waals surface area contributed by atoms with Gasteiger partial charge in [0.1, 0.15) is 6.04 Å². The Morgan fingerprint density at radius 2 is 1.47 bits per heavy atom. The molecule has 0 radical (unpaired) electrons. The van der Waals surface area contributed by atoms with E-state index in [1.54, 1.807) is 24.3 Å². The minimum Gasteiger partial charge on any atom is -0.467 e. The summed E-state index contributed by atoms with van der Waals surface area (Å²) in [5.41, 5.74) is 1.30. The zero-order valence-electron chi connectivity index (χ0n) is 16.4. The van der Waals surface area contributed by atoms with Gasteiger partial charge in [-0.1, -0.05) is 72.3 Å². The number of benzene rings is 4. The number of carbonyl (C=O) groups excluding carboxylic acids is 2. The van der Waals surface area contributed by atoms with Crippen molar-refractivity contribution in [1.82, 2.24) is 5.32 Å². The molecule has 0 aliphatic heterocycles. The van der Waals surface area contributed by atoms with E-state index >= 15 is 0 Å². The number of hydrogen-bond acceptors (Lipinski definition) is 3. The van der Waals surface area contributed by atoms with Crippen LogP contribution in [0.1, 0.15) is 15.9 Å². The first-order valence-corrected chi connectivity index (χ1v) is 9.99. The first kappa shape index (κ1) is 19.9. The van der Waals surface area contributed by atoms with Crippen LogP contribution in [0.3, 0.4) is 0 Å². The number of carbonyl (C=O) groups is 2. The van der Waals surface area contributed by atoms with Crippen LogP contribution in [-0.2, 0) is 16.0 Å². The maximum atomic E-state index is 12.8. The molecule has 4 aromatic carbocycles. The van der Waals surface area contributed by atoms with Crippen LogP contribution in [-0.4, -0.2) is 25.0 Å². The molecule has 30 heavy (non-hydrogen) atoms. The summed E-state index contributed by atoms with van der Waals surface area (Å²) in [5.74, 6) is -0.923. The minimum atomic E-state index is -0.854. The standard InChI is InChI=1S/C25H20ClNO3/c1-30-25(29)23(27-24(28)20-12-6-7-13-22(20)26)15-21-18-10-4-2-8-16(18)14-17-9-3-5-11-19(17)21/h2-14,23H,15H2,1H3,(H,27,28)/t23-/m0/s1. The van der Waals surface area contributed by atoms with Gasteiger partial charge in [-0.3, -0.25) is 4.79 Å². The average Bonchev–Trinajstić information content (AvgIpc) is 2.77. The van der Waals surface area contributed by atoms with E-state index in [4.69, 9.17) is 16.3 Å². The third kappa shape index (κ3) is 3.87. The van der Waals surface area contributed by atoms with Gasteiger partial charge in [0.05, 0.1) is 17.7 Å². The van der Waals surface area contributed by atoms with E-state index in [0.717, 1.165) is 27.1 Å². The van der Waals surface area contributed by atoms with Gasteiger partial charge in [0, 0.05) is 6.42 Å². The molecule has 0 saturated heterocycles. The second kappa shape index (κ2) is 8.56. The van der Waals surface area contributed by atoms with Gasteiger partial charge >= 0.3 is 5.97 Å². The fourth-order valence-electron chi connectivity index (χ4n) is 3.75. The molecule has 150 valence electrons. The van der Waals surface area contributed by atoms with Gasteiger partial charge < -0.3 is 10.1 Å². The fraction of sp³-hybridized carbons (Fsp3) is 0.120. The van der Waals surface area contributed by atoms with E-state index < -0.39 is 17.9 Å². The number of methoxy groups -OCH3 is 1. The van der Waals surface area contributed by atoms with Crippen molar-refractivity contribution in [3.05, 3.63) is 95.0 Å². The van der Waals surface area contributed by atoms with Crippen molar-refractivity contribution in [3.8, 4) is 0 Å². The molecular formula is C25H20ClNO3. The molecule has 0 heterocycles. The average molecular weight is 418 g/mol. The van der Waals surface area contributed by atoms with Crippen molar-refractivity contribution >= 4 is 45.0 Å². The maximum Gasteiger partial charge on any atom is 0.328 e. The molecule has 0 fully saturated rings. The first-order chi connectivity index (χ1) is 14.6. The van der Waals surface area contributed by atoms with Gasteiger partial charge in [0.15, 0.2) is 0 Å². The number of nitrogens with one attached hydrogen (secondary N) is 1. The lowest BCUT2D eigenvalue weighted by Gasteiger charge is -2.19. The van der Waals surface area contributed by atoms with Crippen LogP contribution in [0.2, 0.25) is 5.02 Å². The monoisotopic (exact) mass is 417 g/mol. The Morgan fingerprint density at radius 1 is 0.900 bits per heavy atom. The van der Waals surface area contributed by atoms with Crippen molar-refractivity contribution in [3.63, 3.8) is 0 Å². The van der Waals surface area contributed by atoms with Crippen molar-refractivity contribution < 1.29 is 14.3 Å². The highest BCUT2D eigenvalue weighted by atomic mass is 35.5. The number of ether oxygens (including phenoxy) is 1. The van der Waals surface area contributed by atoms with Gasteiger partial charge in [0.2, 0.25) is 0 Å². The third-order valence-corrected chi connectivity index (χ3v) is 5.53. The number of hydrogen-bond donors (Lipinski definition) is 1. The SMILES string of the molecule is COC(=O)[C@H](Cc1c2ccccc2cc2ccccc12)NC(=O)c1ccccc1Cl. The summed E-state index contributed by atoms with van der Waals surface area (Å²) >= 11 is 6.16. The molecule has 4 nitrogen and oxygen atoms in total. The Morgan fingerprint density at radius 3 is 2.07 bits per heavy atom. The summed E-state index contributed by atoms with van der Waals surface area (Å²) in [6, 6.07) is 24.1. The molecule has 0 aromatic heterocycles. The van der Waals surface area contributed by atoms with E-state index in [2.05, 4.69) is 11.4 Å². The highest BCUT2D eigenvalue weighted by Gasteiger charge is 2.25. The Bertz CT molecular complexity index is 1200. The van der Waals surface area contributed by atoms with Gasteiger partial charge in [-0.2, -0.15) is 0 Å². The normalized spacial score (nSPS) is 11.9. The smallest absolute Gasteiger partial charge is 0.328 e. The lowest BCUT2D eigenvalue weighted by Crippen LogP contribution is -2.43. The van der Waals surface area contributed by atoms with Gasteiger partial charge in [-0.25, -0.2) is 4.79 Å². The molecule has 1 amide bonds. The lowest BCUT2D eigenvalue weighted by molar-refractivity contribution is -0.142. The molecule has 0 aliphatic rings. The fourth-order valence-corrected chi connectivity index (χ4v) is 3.97. The quantitative estimate of drug-likeness (QED) is 0.360. The number of esters is 1. The summed E-state index contributed by atoms with van der Waals surface area (Å²) in [5, 5.41) is 7.36. The van der Waals surface area contributed by atoms with Crippen LogP contribution in [0.4, 0.5) is 0 Å². The second-order valence-electron chi connectivity index (χ2n) is 7.03. The second-order valence-corrected chi connectivity index (χ2v) is 7.44. The van der Waals surface area contributed by atoms with E-state index in [-0.39, 0.29) is 0 Å². The first-order valence-electron chi connectivity index (χ1n) is 9.61. The molecular weight excluding hydrogens is 398 g/mol. The summed E-state index contributed by atoms with van der Waals surface area (Å²) in [6.07, 6.45) is 0.296. The predicted octanol–water partition coefficient (Wildman–Crippen LogP) is 5.16. The zero-order valence-corrected chi connectivity index (χ0v) is 17.1. The maximum absolute atomic E-state index is 12.8. The predicted molar refractivity (Wildman–Crippen MR) is 120 cm³/mol. The van der Waals surface area contributed by atoms with Crippen LogP contribution < -0.4 is 5.32 Å². The summed E-state index contributed by atoms with van der Waals surface area (Å²) in [4.78, 5) is 25.4. The molecule has 4 rings (SSSR count). The summed E-state index contributed by atoms with van der Waals surface area (Å²) in [7, 11) is 1.32. The molecule has 4 aromatic rings. The molecule has 0 aliphatic carbocycles.